The zero-order valence-corrected chi connectivity index (χ0v) is 15.5. The highest BCUT2D eigenvalue weighted by Gasteiger charge is 2.27. The van der Waals surface area contributed by atoms with E-state index < -0.39 is 15.6 Å². The van der Waals surface area contributed by atoms with Gasteiger partial charge in [-0.3, -0.25) is 9.59 Å². The molecule has 27 heavy (non-hydrogen) atoms. The fourth-order valence-electron chi connectivity index (χ4n) is 2.73. The van der Waals surface area contributed by atoms with Crippen LogP contribution in [0.15, 0.2) is 58.4 Å². The van der Waals surface area contributed by atoms with Crippen molar-refractivity contribution in [2.45, 2.75) is 18.0 Å². The van der Waals surface area contributed by atoms with Crippen molar-refractivity contribution in [2.24, 2.45) is 0 Å². The molecule has 1 amide bonds. The first-order valence-corrected chi connectivity index (χ1v) is 10.00. The third kappa shape index (κ3) is 4.82. The lowest BCUT2D eigenvalue weighted by molar-refractivity contribution is -0.121. The maximum Gasteiger partial charge on any atom is 0.251 e. The van der Waals surface area contributed by atoms with Gasteiger partial charge in [-0.05, 0) is 11.6 Å². The third-order valence-electron chi connectivity index (χ3n) is 4.21. The van der Waals surface area contributed by atoms with Crippen molar-refractivity contribution in [3.8, 4) is 0 Å². The minimum absolute atomic E-state index is 0.0140. The molecular weight excluding hydrogens is 370 g/mol. The van der Waals surface area contributed by atoms with Gasteiger partial charge in [0.2, 0.25) is 15.9 Å². The number of benzene rings is 1. The quantitative estimate of drug-likeness (QED) is 0.758. The van der Waals surface area contributed by atoms with E-state index >= 15 is 0 Å². The number of carbonyl (C=O) groups is 1. The van der Waals surface area contributed by atoms with Crippen molar-refractivity contribution in [1.82, 2.24) is 14.2 Å². The molecule has 1 aliphatic heterocycles. The van der Waals surface area contributed by atoms with Crippen LogP contribution in [0.25, 0.3) is 0 Å². The number of hydrogen-bond acceptors (Lipinski definition) is 5. The van der Waals surface area contributed by atoms with Gasteiger partial charge in [-0.1, -0.05) is 30.3 Å². The molecule has 0 atom stereocenters. The Morgan fingerprint density at radius 1 is 1.07 bits per heavy atom. The molecule has 8 nitrogen and oxygen atoms in total. The summed E-state index contributed by atoms with van der Waals surface area (Å²) < 4.78 is 33.0. The summed E-state index contributed by atoms with van der Waals surface area (Å²) in [5, 5.41) is 2.72. The van der Waals surface area contributed by atoms with Gasteiger partial charge >= 0.3 is 0 Å². The van der Waals surface area contributed by atoms with E-state index in [0.717, 1.165) is 16.2 Å². The molecule has 1 aliphatic rings. The Morgan fingerprint density at radius 3 is 2.48 bits per heavy atom. The van der Waals surface area contributed by atoms with Crippen LogP contribution in [0.3, 0.4) is 0 Å². The van der Waals surface area contributed by atoms with Crippen LogP contribution in [0.5, 0.6) is 0 Å². The first-order chi connectivity index (χ1) is 13.0. The number of nitrogens with one attached hydrogen (secondary N) is 1. The molecule has 2 aromatic rings. The van der Waals surface area contributed by atoms with Crippen LogP contribution in [0.4, 0.5) is 0 Å². The highest BCUT2D eigenvalue weighted by Crippen LogP contribution is 2.15. The lowest BCUT2D eigenvalue weighted by atomic mass is 10.2. The number of sulfonamides is 1. The first kappa shape index (κ1) is 19.3. The monoisotopic (exact) mass is 391 g/mol. The van der Waals surface area contributed by atoms with Gasteiger partial charge in [-0.25, -0.2) is 8.42 Å². The number of carbonyl (C=O) groups excluding carboxylic acids is 1. The number of ether oxygens (including phenoxy) is 1. The Kier molecular flexibility index (Phi) is 6.04. The molecule has 1 aromatic carbocycles. The van der Waals surface area contributed by atoms with E-state index in [0.29, 0.717) is 19.8 Å². The highest BCUT2D eigenvalue weighted by molar-refractivity contribution is 7.89. The molecule has 0 aliphatic carbocycles. The van der Waals surface area contributed by atoms with Crippen molar-refractivity contribution in [2.75, 3.05) is 26.3 Å². The van der Waals surface area contributed by atoms with Gasteiger partial charge in [0.1, 0.15) is 6.54 Å². The number of hydrogen-bond donors (Lipinski definition) is 1. The number of aromatic nitrogens is 1. The zero-order valence-electron chi connectivity index (χ0n) is 14.7. The Labute approximate surface area is 157 Å². The summed E-state index contributed by atoms with van der Waals surface area (Å²) in [4.78, 5) is 24.2. The van der Waals surface area contributed by atoms with Crippen LogP contribution < -0.4 is 10.9 Å². The van der Waals surface area contributed by atoms with E-state index in [4.69, 9.17) is 4.74 Å². The Bertz CT molecular complexity index is 950. The molecule has 0 spiro atoms. The molecule has 0 radical (unpaired) electrons. The molecule has 144 valence electrons. The lowest BCUT2D eigenvalue weighted by Crippen LogP contribution is -2.41. The number of rotatable bonds is 6. The van der Waals surface area contributed by atoms with E-state index in [1.54, 1.807) is 0 Å². The molecule has 0 bridgehead atoms. The molecule has 0 unspecified atom stereocenters. The van der Waals surface area contributed by atoms with Crippen LogP contribution in [0, 0.1) is 0 Å². The smallest absolute Gasteiger partial charge is 0.251 e. The van der Waals surface area contributed by atoms with Gasteiger partial charge in [0.25, 0.3) is 5.56 Å². The largest absolute Gasteiger partial charge is 0.379 e. The second-order valence-corrected chi connectivity index (χ2v) is 8.05. The van der Waals surface area contributed by atoms with Gasteiger partial charge < -0.3 is 14.6 Å². The topological polar surface area (TPSA) is 97.7 Å². The SMILES string of the molecule is O=C(Cn1cc(S(=O)(=O)N2CCOCC2)ccc1=O)NCc1ccccc1. The predicted octanol–water partition coefficient (Wildman–Crippen LogP) is 0.186. The zero-order chi connectivity index (χ0) is 19.3. The fraction of sp³-hybridized carbons (Fsp3) is 0.333. The summed E-state index contributed by atoms with van der Waals surface area (Å²) in [6.45, 7) is 1.28. The van der Waals surface area contributed by atoms with E-state index in [1.807, 2.05) is 30.3 Å². The van der Waals surface area contributed by atoms with E-state index in [9.17, 15) is 18.0 Å². The molecule has 1 aromatic heterocycles. The van der Waals surface area contributed by atoms with Crippen LogP contribution >= 0.6 is 0 Å². The third-order valence-corrected chi connectivity index (χ3v) is 6.09. The lowest BCUT2D eigenvalue weighted by Gasteiger charge is -2.26. The van der Waals surface area contributed by atoms with Crippen molar-refractivity contribution < 1.29 is 17.9 Å². The maximum absolute atomic E-state index is 12.7. The van der Waals surface area contributed by atoms with Crippen LogP contribution in [0.2, 0.25) is 0 Å². The summed E-state index contributed by atoms with van der Waals surface area (Å²) in [6, 6.07) is 11.8. The average molecular weight is 391 g/mol. The molecule has 1 fully saturated rings. The summed E-state index contributed by atoms with van der Waals surface area (Å²) >= 11 is 0. The van der Waals surface area contributed by atoms with E-state index in [2.05, 4.69) is 5.32 Å². The van der Waals surface area contributed by atoms with E-state index in [-0.39, 0.29) is 30.4 Å². The molecule has 1 saturated heterocycles. The number of amides is 1. The normalized spacial score (nSPS) is 15.4. The number of morpholine rings is 1. The molecule has 9 heteroatoms. The second kappa shape index (κ2) is 8.47. The summed E-state index contributed by atoms with van der Waals surface area (Å²) in [5.41, 5.74) is 0.493. The summed E-state index contributed by atoms with van der Waals surface area (Å²) in [7, 11) is -3.73. The van der Waals surface area contributed by atoms with Gasteiger partial charge in [0.15, 0.2) is 0 Å². The minimum Gasteiger partial charge on any atom is -0.379 e. The van der Waals surface area contributed by atoms with Crippen molar-refractivity contribution in [3.63, 3.8) is 0 Å². The van der Waals surface area contributed by atoms with E-state index in [1.165, 1.54) is 16.6 Å². The molecule has 0 saturated carbocycles. The van der Waals surface area contributed by atoms with Crippen LogP contribution in [-0.2, 0) is 32.6 Å². The molecular formula is C18H21N3O5S. The fourth-order valence-corrected chi connectivity index (χ4v) is 4.16. The van der Waals surface area contributed by atoms with Gasteiger partial charge in [0.05, 0.1) is 18.1 Å². The summed E-state index contributed by atoms with van der Waals surface area (Å²) in [6.07, 6.45) is 1.22. The molecule has 1 N–H and O–H groups in total. The Hall–Kier alpha value is -2.49. The highest BCUT2D eigenvalue weighted by atomic mass is 32.2. The number of pyridine rings is 1. The Morgan fingerprint density at radius 2 is 1.78 bits per heavy atom. The number of nitrogens with zero attached hydrogens (tertiary/aromatic N) is 2. The van der Waals surface area contributed by atoms with Gasteiger partial charge in [0, 0.05) is 31.9 Å². The molecule has 3 rings (SSSR count). The summed E-state index contributed by atoms with van der Waals surface area (Å²) in [5.74, 6) is -0.373. The standard InChI is InChI=1S/C18H21N3O5S/c22-17(19-12-15-4-2-1-3-5-15)14-20-13-16(6-7-18(20)23)27(24,25)21-8-10-26-11-9-21/h1-7,13H,8-12,14H2,(H,19,22). The van der Waals surface area contributed by atoms with Crippen molar-refractivity contribution in [1.29, 1.82) is 0 Å². The van der Waals surface area contributed by atoms with Crippen molar-refractivity contribution in [3.05, 3.63) is 64.6 Å². The average Bonchev–Trinajstić information content (AvgIpc) is 2.69. The maximum atomic E-state index is 12.7. The Balaban J connectivity index is 1.71. The van der Waals surface area contributed by atoms with Gasteiger partial charge in [-0.2, -0.15) is 4.31 Å². The predicted molar refractivity (Wildman–Crippen MR) is 98.6 cm³/mol. The first-order valence-electron chi connectivity index (χ1n) is 8.56. The second-order valence-electron chi connectivity index (χ2n) is 6.11. The minimum atomic E-state index is -3.73. The van der Waals surface area contributed by atoms with Crippen molar-refractivity contribution >= 4 is 15.9 Å². The van der Waals surface area contributed by atoms with Gasteiger partial charge in [-0.15, -0.1) is 0 Å². The van der Waals surface area contributed by atoms with Crippen LogP contribution in [-0.4, -0.2) is 49.5 Å². The van der Waals surface area contributed by atoms with Crippen LogP contribution in [0.1, 0.15) is 5.56 Å². The molecule has 2 heterocycles.